The second kappa shape index (κ2) is 6.69. The summed E-state index contributed by atoms with van der Waals surface area (Å²) in [5, 5.41) is 0. The fourth-order valence-corrected chi connectivity index (χ4v) is 1.95. The molecule has 0 heterocycles. The SMILES string of the molecule is CN(Cc1ccc(Br)c(F)c1)CC(C)(C)N.Cl. The van der Waals surface area contributed by atoms with Crippen LogP contribution in [-0.4, -0.2) is 24.0 Å². The van der Waals surface area contributed by atoms with Crippen LogP contribution in [0.1, 0.15) is 19.4 Å². The zero-order valence-corrected chi connectivity index (χ0v) is 12.7. The molecule has 0 spiro atoms. The predicted molar refractivity (Wildman–Crippen MR) is 75.9 cm³/mol. The van der Waals surface area contributed by atoms with Gasteiger partial charge in [0.1, 0.15) is 5.82 Å². The molecule has 0 atom stereocenters. The molecule has 0 aliphatic heterocycles. The van der Waals surface area contributed by atoms with Gasteiger partial charge in [-0.05, 0) is 54.5 Å². The van der Waals surface area contributed by atoms with Gasteiger partial charge < -0.3 is 10.6 Å². The topological polar surface area (TPSA) is 29.3 Å². The lowest BCUT2D eigenvalue weighted by Gasteiger charge is -2.26. The van der Waals surface area contributed by atoms with Crippen molar-refractivity contribution >= 4 is 28.3 Å². The Labute approximate surface area is 117 Å². The van der Waals surface area contributed by atoms with Crippen molar-refractivity contribution in [3.8, 4) is 0 Å². The van der Waals surface area contributed by atoms with Crippen molar-refractivity contribution in [3.05, 3.63) is 34.1 Å². The molecule has 0 saturated heterocycles. The molecule has 0 aliphatic rings. The Morgan fingerprint density at radius 3 is 2.47 bits per heavy atom. The molecule has 2 N–H and O–H groups in total. The van der Waals surface area contributed by atoms with Crippen molar-refractivity contribution in [3.63, 3.8) is 0 Å². The van der Waals surface area contributed by atoms with Crippen LogP contribution >= 0.6 is 28.3 Å². The van der Waals surface area contributed by atoms with E-state index in [0.717, 1.165) is 12.1 Å². The van der Waals surface area contributed by atoms with Crippen LogP contribution in [0.4, 0.5) is 4.39 Å². The van der Waals surface area contributed by atoms with Crippen LogP contribution in [0, 0.1) is 5.82 Å². The largest absolute Gasteiger partial charge is 0.324 e. The number of hydrogen-bond donors (Lipinski definition) is 1. The minimum absolute atomic E-state index is 0. The summed E-state index contributed by atoms with van der Waals surface area (Å²) >= 11 is 3.14. The van der Waals surface area contributed by atoms with Gasteiger partial charge in [0.25, 0.3) is 0 Å². The number of benzene rings is 1. The van der Waals surface area contributed by atoms with Crippen LogP contribution in [0.25, 0.3) is 0 Å². The quantitative estimate of drug-likeness (QED) is 0.921. The molecule has 5 heteroatoms. The Bertz CT molecular complexity index is 366. The summed E-state index contributed by atoms with van der Waals surface area (Å²) in [5.74, 6) is -0.224. The van der Waals surface area contributed by atoms with E-state index in [-0.39, 0.29) is 23.8 Å². The van der Waals surface area contributed by atoms with Crippen molar-refractivity contribution in [1.29, 1.82) is 0 Å². The lowest BCUT2D eigenvalue weighted by Crippen LogP contribution is -2.43. The molecule has 98 valence electrons. The second-order valence-electron chi connectivity index (χ2n) is 4.91. The first kappa shape index (κ1) is 16.8. The van der Waals surface area contributed by atoms with E-state index in [1.165, 1.54) is 0 Å². The molecule has 0 aromatic heterocycles. The fraction of sp³-hybridized carbons (Fsp3) is 0.500. The minimum Gasteiger partial charge on any atom is -0.324 e. The molecule has 2 nitrogen and oxygen atoms in total. The highest BCUT2D eigenvalue weighted by Crippen LogP contribution is 2.17. The highest BCUT2D eigenvalue weighted by atomic mass is 79.9. The van der Waals surface area contributed by atoms with E-state index in [1.807, 2.05) is 27.0 Å². The van der Waals surface area contributed by atoms with Gasteiger partial charge in [0, 0.05) is 18.6 Å². The zero-order valence-electron chi connectivity index (χ0n) is 10.3. The van der Waals surface area contributed by atoms with Crippen LogP contribution in [0.5, 0.6) is 0 Å². The normalized spacial score (nSPS) is 11.5. The molecule has 1 aromatic carbocycles. The first-order chi connectivity index (χ1) is 7.28. The minimum atomic E-state index is -0.233. The lowest BCUT2D eigenvalue weighted by atomic mass is 10.1. The number of nitrogens with zero attached hydrogens (tertiary/aromatic N) is 1. The summed E-state index contributed by atoms with van der Waals surface area (Å²) < 4.78 is 13.8. The summed E-state index contributed by atoms with van der Waals surface area (Å²) in [4.78, 5) is 2.09. The van der Waals surface area contributed by atoms with Gasteiger partial charge >= 0.3 is 0 Å². The molecule has 0 fully saturated rings. The van der Waals surface area contributed by atoms with E-state index in [9.17, 15) is 4.39 Å². The standard InChI is InChI=1S/C12H18BrFN2.ClH/c1-12(2,15)8-16(3)7-9-4-5-10(13)11(14)6-9;/h4-6H,7-8,15H2,1-3H3;1H. The van der Waals surface area contributed by atoms with Gasteiger partial charge in [-0.2, -0.15) is 0 Å². The van der Waals surface area contributed by atoms with Gasteiger partial charge in [-0.25, -0.2) is 4.39 Å². The molecule has 1 rings (SSSR count). The summed E-state index contributed by atoms with van der Waals surface area (Å²) in [6, 6.07) is 5.18. The monoisotopic (exact) mass is 324 g/mol. The maximum absolute atomic E-state index is 13.3. The Kier molecular flexibility index (Phi) is 6.62. The smallest absolute Gasteiger partial charge is 0.137 e. The van der Waals surface area contributed by atoms with E-state index in [4.69, 9.17) is 5.73 Å². The van der Waals surface area contributed by atoms with Gasteiger partial charge in [-0.1, -0.05) is 6.07 Å². The molecular weight excluding hydrogens is 307 g/mol. The molecular formula is C12H19BrClFN2. The van der Waals surface area contributed by atoms with Gasteiger partial charge in [0.2, 0.25) is 0 Å². The third-order valence-electron chi connectivity index (χ3n) is 2.11. The first-order valence-corrected chi connectivity index (χ1v) is 5.98. The Hall–Kier alpha value is -0.160. The zero-order chi connectivity index (χ0) is 12.3. The Morgan fingerprint density at radius 2 is 2.00 bits per heavy atom. The summed E-state index contributed by atoms with van der Waals surface area (Å²) in [5.41, 5.74) is 6.64. The van der Waals surface area contributed by atoms with Crippen molar-refractivity contribution in [1.82, 2.24) is 4.90 Å². The average molecular weight is 326 g/mol. The number of rotatable bonds is 4. The maximum Gasteiger partial charge on any atom is 0.137 e. The van der Waals surface area contributed by atoms with Crippen molar-refractivity contribution in [2.24, 2.45) is 5.73 Å². The molecule has 0 unspecified atom stereocenters. The molecule has 0 aliphatic carbocycles. The lowest BCUT2D eigenvalue weighted by molar-refractivity contribution is 0.263. The van der Waals surface area contributed by atoms with E-state index in [1.54, 1.807) is 12.1 Å². The summed E-state index contributed by atoms with van der Waals surface area (Å²) in [6.45, 7) is 5.42. The van der Waals surface area contributed by atoms with Gasteiger partial charge in [-0.15, -0.1) is 12.4 Å². The molecule has 1 aromatic rings. The first-order valence-electron chi connectivity index (χ1n) is 5.19. The third kappa shape index (κ3) is 6.36. The van der Waals surface area contributed by atoms with Crippen molar-refractivity contribution in [2.75, 3.05) is 13.6 Å². The Morgan fingerprint density at radius 1 is 1.41 bits per heavy atom. The molecule has 0 radical (unpaired) electrons. The predicted octanol–water partition coefficient (Wildman–Crippen LogP) is 3.18. The maximum atomic E-state index is 13.3. The fourth-order valence-electron chi connectivity index (χ4n) is 1.70. The van der Waals surface area contributed by atoms with Crippen LogP contribution in [0.3, 0.4) is 0 Å². The van der Waals surface area contributed by atoms with Crippen molar-refractivity contribution < 1.29 is 4.39 Å². The number of nitrogens with two attached hydrogens (primary N) is 1. The number of hydrogen-bond acceptors (Lipinski definition) is 2. The van der Waals surface area contributed by atoms with Crippen LogP contribution < -0.4 is 5.73 Å². The highest BCUT2D eigenvalue weighted by molar-refractivity contribution is 9.10. The van der Waals surface area contributed by atoms with E-state index in [0.29, 0.717) is 11.0 Å². The third-order valence-corrected chi connectivity index (χ3v) is 2.76. The molecule has 0 amide bonds. The Balaban J connectivity index is 0.00000256. The number of halogens is 3. The van der Waals surface area contributed by atoms with Gasteiger partial charge in [0.15, 0.2) is 0 Å². The second-order valence-corrected chi connectivity index (χ2v) is 5.76. The van der Waals surface area contributed by atoms with E-state index >= 15 is 0 Å². The molecule has 0 saturated carbocycles. The van der Waals surface area contributed by atoms with Crippen LogP contribution in [0.15, 0.2) is 22.7 Å². The van der Waals surface area contributed by atoms with Crippen LogP contribution in [-0.2, 0) is 6.54 Å². The summed E-state index contributed by atoms with van der Waals surface area (Å²) in [6.07, 6.45) is 0. The van der Waals surface area contributed by atoms with E-state index < -0.39 is 0 Å². The van der Waals surface area contributed by atoms with E-state index in [2.05, 4.69) is 20.8 Å². The van der Waals surface area contributed by atoms with Gasteiger partial charge in [0.05, 0.1) is 4.47 Å². The highest BCUT2D eigenvalue weighted by Gasteiger charge is 2.14. The molecule has 17 heavy (non-hydrogen) atoms. The number of likely N-dealkylation sites (N-methyl/N-ethyl adjacent to an activating group) is 1. The molecule has 0 bridgehead atoms. The average Bonchev–Trinajstić information content (AvgIpc) is 2.08. The summed E-state index contributed by atoms with van der Waals surface area (Å²) in [7, 11) is 1.98. The van der Waals surface area contributed by atoms with Crippen LogP contribution in [0.2, 0.25) is 0 Å². The van der Waals surface area contributed by atoms with Crippen molar-refractivity contribution in [2.45, 2.75) is 25.9 Å². The van der Waals surface area contributed by atoms with Gasteiger partial charge in [-0.3, -0.25) is 0 Å².